The van der Waals surface area contributed by atoms with E-state index in [2.05, 4.69) is 13.2 Å². The number of nitrogens with zero attached hydrogens (tertiary/aromatic N) is 2. The minimum atomic E-state index is -0.611. The van der Waals surface area contributed by atoms with Crippen molar-refractivity contribution >= 4 is 23.8 Å². The second kappa shape index (κ2) is 25.0. The Kier molecular flexibility index (Phi) is 31.2. The van der Waals surface area contributed by atoms with Crippen LogP contribution in [0.2, 0.25) is 0 Å². The summed E-state index contributed by atoms with van der Waals surface area (Å²) in [5.41, 5.74) is -0.180. The van der Waals surface area contributed by atoms with Gasteiger partial charge in [0, 0.05) is 39.7 Å². The van der Waals surface area contributed by atoms with Crippen molar-refractivity contribution in [3.63, 3.8) is 0 Å². The Bertz CT molecular complexity index is 774. The zero-order valence-corrected chi connectivity index (χ0v) is 23.1. The topological polar surface area (TPSA) is 118 Å². The van der Waals surface area contributed by atoms with Crippen LogP contribution in [0.5, 0.6) is 0 Å². The summed E-state index contributed by atoms with van der Waals surface area (Å²) in [5.74, 6) is -0.776. The molecule has 0 saturated carbocycles. The summed E-state index contributed by atoms with van der Waals surface area (Å²) >= 11 is 0. The van der Waals surface area contributed by atoms with Gasteiger partial charge in [-0.15, -0.1) is 0 Å². The van der Waals surface area contributed by atoms with Crippen LogP contribution in [0.3, 0.4) is 0 Å². The Labute approximate surface area is 252 Å². The third-order valence-corrected chi connectivity index (χ3v) is 5.46. The molecule has 2 aliphatic rings. The number of epoxide rings is 2. The van der Waals surface area contributed by atoms with Gasteiger partial charge in [0.15, 0.2) is 0 Å². The quantitative estimate of drug-likeness (QED) is 0.178. The normalized spacial score (nSPS) is 17.0. The van der Waals surface area contributed by atoms with Gasteiger partial charge in [0.1, 0.15) is 25.4 Å². The summed E-state index contributed by atoms with van der Waals surface area (Å²) in [5, 5.41) is 0. The van der Waals surface area contributed by atoms with Gasteiger partial charge in [-0.2, -0.15) is 0 Å². The highest BCUT2D eigenvalue weighted by Gasteiger charge is 2.37. The van der Waals surface area contributed by atoms with Crippen LogP contribution < -0.4 is 0 Å². The first-order chi connectivity index (χ1) is 16.7. The van der Waals surface area contributed by atoms with Gasteiger partial charge < -0.3 is 28.7 Å². The van der Waals surface area contributed by atoms with E-state index in [9.17, 15) is 19.2 Å². The van der Waals surface area contributed by atoms with Crippen molar-refractivity contribution < 1.29 is 38.1 Å². The molecule has 0 bridgehead atoms. The summed E-state index contributed by atoms with van der Waals surface area (Å²) in [6.07, 6.45) is 2.65. The summed E-state index contributed by atoms with van der Waals surface area (Å²) in [6.45, 7) is 16.1. The molecule has 2 amide bonds. The number of hydrogen-bond acceptors (Lipinski definition) is 8. The Morgan fingerprint density at radius 2 is 1.34 bits per heavy atom. The van der Waals surface area contributed by atoms with Crippen LogP contribution >= 0.6 is 0 Å². The van der Waals surface area contributed by atoms with E-state index in [4.69, 9.17) is 18.9 Å². The van der Waals surface area contributed by atoms with E-state index in [1.54, 1.807) is 40.0 Å². The van der Waals surface area contributed by atoms with E-state index < -0.39 is 5.41 Å². The first-order valence-corrected chi connectivity index (χ1v) is 12.0. The molecule has 10 nitrogen and oxygen atoms in total. The molecule has 2 fully saturated rings. The molecule has 10 heteroatoms. The molecule has 0 aliphatic carbocycles. The van der Waals surface area contributed by atoms with Gasteiger partial charge in [0.2, 0.25) is 11.8 Å². The van der Waals surface area contributed by atoms with E-state index in [0.29, 0.717) is 44.8 Å². The molecule has 4 atom stereocenters. The van der Waals surface area contributed by atoms with E-state index in [1.807, 2.05) is 20.8 Å². The summed E-state index contributed by atoms with van der Waals surface area (Å²) in [7, 11) is 6.82. The average Bonchev–Trinajstić information content (AvgIpc) is 3.75. The van der Waals surface area contributed by atoms with Crippen molar-refractivity contribution in [1.82, 2.24) is 9.80 Å². The minimum Gasteiger partial charge on any atom is -0.462 e. The van der Waals surface area contributed by atoms with Crippen molar-refractivity contribution in [2.24, 2.45) is 11.3 Å². The third kappa shape index (κ3) is 22.6. The predicted molar refractivity (Wildman–Crippen MR) is 170 cm³/mol. The molecule has 2 rings (SSSR count). The van der Waals surface area contributed by atoms with Crippen LogP contribution in [0.1, 0.15) is 77.7 Å². The summed E-state index contributed by atoms with van der Waals surface area (Å²) < 4.78 is 19.9. The Balaban J connectivity index is -0.000000119. The predicted octanol–water partition coefficient (Wildman–Crippen LogP) is 5.40. The fourth-order valence-electron chi connectivity index (χ4n) is 2.72. The largest absolute Gasteiger partial charge is 0.462 e. The lowest BCUT2D eigenvalue weighted by Crippen LogP contribution is -2.36. The number of likely N-dealkylation sites (N-methyl/N-ethyl adjacent to an activating group) is 1. The molecule has 0 radical (unpaired) electrons. The molecular weight excluding hydrogens is 528 g/mol. The second-order valence-corrected chi connectivity index (χ2v) is 9.58. The number of amides is 2. The number of carbonyl (C=O) groups is 4. The molecule has 4 unspecified atom stereocenters. The maximum absolute atomic E-state index is 12.2. The smallest absolute Gasteiger partial charge is 0.333 e. The Morgan fingerprint density at radius 1 is 0.927 bits per heavy atom. The maximum atomic E-state index is 12.2. The lowest BCUT2D eigenvalue weighted by atomic mass is 9.79. The fraction of sp³-hybridized carbons (Fsp3) is 0.742. The van der Waals surface area contributed by atoms with Crippen molar-refractivity contribution in [3.8, 4) is 0 Å². The molecule has 2 saturated heterocycles. The lowest BCUT2D eigenvalue weighted by Gasteiger charge is -2.29. The summed E-state index contributed by atoms with van der Waals surface area (Å²) in [6, 6.07) is 0. The number of esters is 2. The molecule has 0 spiro atoms. The summed E-state index contributed by atoms with van der Waals surface area (Å²) in [4.78, 5) is 48.1. The van der Waals surface area contributed by atoms with Gasteiger partial charge in [-0.1, -0.05) is 64.1 Å². The fourth-order valence-corrected chi connectivity index (χ4v) is 2.72. The van der Waals surface area contributed by atoms with Crippen molar-refractivity contribution in [2.75, 3.05) is 54.6 Å². The van der Waals surface area contributed by atoms with Crippen molar-refractivity contribution in [2.45, 2.75) is 89.9 Å². The number of carbonyl (C=O) groups excluding carboxylic acids is 4. The van der Waals surface area contributed by atoms with E-state index >= 15 is 0 Å². The van der Waals surface area contributed by atoms with E-state index in [-0.39, 0.29) is 79.0 Å². The first-order valence-electron chi connectivity index (χ1n) is 12.0. The third-order valence-electron chi connectivity index (χ3n) is 5.46. The van der Waals surface area contributed by atoms with E-state index in [0.717, 1.165) is 0 Å². The Hall–Kier alpha value is -2.72. The van der Waals surface area contributed by atoms with Crippen LogP contribution in [0.4, 0.5) is 0 Å². The van der Waals surface area contributed by atoms with Gasteiger partial charge in [-0.05, 0) is 32.8 Å². The van der Waals surface area contributed by atoms with Crippen molar-refractivity contribution in [1.29, 1.82) is 0 Å². The zero-order chi connectivity index (χ0) is 28.1. The van der Waals surface area contributed by atoms with Crippen LogP contribution in [0, 0.1) is 11.3 Å². The lowest BCUT2D eigenvalue weighted by molar-refractivity contribution is -0.157. The first kappa shape index (κ1) is 51.1. The zero-order valence-electron chi connectivity index (χ0n) is 23.1. The van der Waals surface area contributed by atoms with Gasteiger partial charge in [0.05, 0.1) is 18.6 Å². The van der Waals surface area contributed by atoms with Gasteiger partial charge in [-0.25, -0.2) is 4.79 Å². The molecule has 0 N–H and O–H groups in total. The number of hydrogen-bond donors (Lipinski definition) is 0. The van der Waals surface area contributed by atoms with Gasteiger partial charge >= 0.3 is 11.9 Å². The van der Waals surface area contributed by atoms with Crippen LogP contribution in [-0.2, 0) is 38.1 Å². The molecule has 0 aromatic heterocycles. The maximum Gasteiger partial charge on any atom is 0.333 e. The van der Waals surface area contributed by atoms with Crippen LogP contribution in [0.15, 0.2) is 24.8 Å². The molecule has 2 heterocycles. The SMILES string of the molecule is C.C.C.C.C.C=C(C)C(=O)OCC1CO1.C=CC(=O)N(C)C.CCC(C)(CC(C)C(=O)N(C)C)C(=O)OCC1CO1. The van der Waals surface area contributed by atoms with E-state index in [1.165, 1.54) is 11.0 Å². The molecule has 41 heavy (non-hydrogen) atoms. The van der Waals surface area contributed by atoms with Gasteiger partial charge in [0.25, 0.3) is 0 Å². The highest BCUT2D eigenvalue weighted by atomic mass is 16.6. The number of rotatable bonds is 11. The van der Waals surface area contributed by atoms with Crippen molar-refractivity contribution in [3.05, 3.63) is 24.8 Å². The molecule has 246 valence electrons. The molecular formula is C31H64N2O8. The molecule has 0 aromatic carbocycles. The molecule has 2 aliphatic heterocycles. The second-order valence-electron chi connectivity index (χ2n) is 9.58. The highest BCUT2D eigenvalue weighted by Crippen LogP contribution is 2.32. The van der Waals surface area contributed by atoms with Gasteiger partial charge in [-0.3, -0.25) is 14.4 Å². The number of ether oxygens (including phenoxy) is 4. The average molecular weight is 593 g/mol. The van der Waals surface area contributed by atoms with Crippen LogP contribution in [-0.4, -0.2) is 100 Å². The monoisotopic (exact) mass is 592 g/mol. The van der Waals surface area contributed by atoms with Crippen LogP contribution in [0.25, 0.3) is 0 Å². The standard InChI is InChI=1S/C14H25NO4.C7H10O3.C5H9NO.5CH4/c1-6-14(3,7-10(2)12(16)15(4)5)13(17)19-9-11-8-18-11;1-5(2)7(8)10-4-6-3-9-6;1-4-5(7)6(2)3;;;;;/h10-11H,6-9H2,1-5H3;6H,1,3-4H2,2H3;4H,1H2,2-3H3;5*1H4. The minimum absolute atomic E-state index is 0. The molecule has 0 aromatic rings. The Morgan fingerprint density at radius 3 is 1.61 bits per heavy atom. The highest BCUT2D eigenvalue weighted by molar-refractivity contribution is 5.87.